The summed E-state index contributed by atoms with van der Waals surface area (Å²) in [6.45, 7) is 4.15. The fourth-order valence-electron chi connectivity index (χ4n) is 2.37. The molecule has 21 heavy (non-hydrogen) atoms. The molecule has 0 radical (unpaired) electrons. The molecule has 0 fully saturated rings. The highest BCUT2D eigenvalue weighted by molar-refractivity contribution is 7.20. The van der Waals surface area contributed by atoms with E-state index < -0.39 is 0 Å². The lowest BCUT2D eigenvalue weighted by Crippen LogP contribution is -2.23. The van der Waals surface area contributed by atoms with Gasteiger partial charge in [0.25, 0.3) is 0 Å². The predicted octanol–water partition coefficient (Wildman–Crippen LogP) is 5.34. The summed E-state index contributed by atoms with van der Waals surface area (Å²) in [5.41, 5.74) is 3.05. The van der Waals surface area contributed by atoms with Crippen molar-refractivity contribution >= 4 is 45.6 Å². The van der Waals surface area contributed by atoms with E-state index in [0.717, 1.165) is 26.8 Å². The molecule has 0 aliphatic carbocycles. The standard InChI is InChI=1S/C15H15Cl2N3S/c1-8(10-7-13(16)21-14(10)17)18-9(2)15-19-11-5-3-4-6-12(11)20-15/h3-9,18H,1-2H3,(H,19,20). The van der Waals surface area contributed by atoms with Gasteiger partial charge in [-0.2, -0.15) is 0 Å². The zero-order chi connectivity index (χ0) is 15.0. The molecule has 2 N–H and O–H groups in total. The Kier molecular flexibility index (Phi) is 4.22. The zero-order valence-electron chi connectivity index (χ0n) is 11.7. The number of H-pyrrole nitrogens is 1. The number of nitrogens with zero attached hydrogens (tertiary/aromatic N) is 1. The first-order chi connectivity index (χ1) is 10.0. The molecule has 3 aromatic rings. The van der Waals surface area contributed by atoms with Gasteiger partial charge in [0.1, 0.15) is 5.82 Å². The quantitative estimate of drug-likeness (QED) is 0.673. The van der Waals surface area contributed by atoms with E-state index >= 15 is 0 Å². The lowest BCUT2D eigenvalue weighted by molar-refractivity contribution is 0.481. The second kappa shape index (κ2) is 5.97. The molecule has 6 heteroatoms. The summed E-state index contributed by atoms with van der Waals surface area (Å²) in [5, 5.41) is 3.50. The van der Waals surface area contributed by atoms with Gasteiger partial charge in [0.15, 0.2) is 0 Å². The number of thiophene rings is 1. The van der Waals surface area contributed by atoms with E-state index in [1.165, 1.54) is 11.3 Å². The van der Waals surface area contributed by atoms with Gasteiger partial charge in [0.2, 0.25) is 0 Å². The van der Waals surface area contributed by atoms with Crippen molar-refractivity contribution in [1.82, 2.24) is 15.3 Å². The topological polar surface area (TPSA) is 40.7 Å². The summed E-state index contributed by atoms with van der Waals surface area (Å²) in [6.07, 6.45) is 0. The molecule has 0 saturated heterocycles. The first-order valence-electron chi connectivity index (χ1n) is 6.70. The van der Waals surface area contributed by atoms with Gasteiger partial charge >= 0.3 is 0 Å². The minimum Gasteiger partial charge on any atom is -0.341 e. The van der Waals surface area contributed by atoms with Gasteiger partial charge in [0, 0.05) is 6.04 Å². The highest BCUT2D eigenvalue weighted by atomic mass is 35.5. The number of imidazole rings is 1. The number of aromatic nitrogens is 2. The van der Waals surface area contributed by atoms with Crippen LogP contribution < -0.4 is 5.32 Å². The second-order valence-corrected chi connectivity index (χ2v) is 7.31. The lowest BCUT2D eigenvalue weighted by Gasteiger charge is -2.18. The van der Waals surface area contributed by atoms with E-state index in [1.54, 1.807) is 0 Å². The van der Waals surface area contributed by atoms with E-state index in [1.807, 2.05) is 30.3 Å². The SMILES string of the molecule is CC(NC(C)c1cc(Cl)sc1Cl)c1nc2ccccc2[nH]1. The molecule has 3 nitrogen and oxygen atoms in total. The Labute approximate surface area is 137 Å². The molecule has 0 aliphatic rings. The largest absolute Gasteiger partial charge is 0.341 e. The van der Waals surface area contributed by atoms with Crippen molar-refractivity contribution in [2.75, 3.05) is 0 Å². The van der Waals surface area contributed by atoms with Crippen LogP contribution in [0.4, 0.5) is 0 Å². The molecule has 2 aromatic heterocycles. The molecule has 0 saturated carbocycles. The molecule has 1 aromatic carbocycles. The first-order valence-corrected chi connectivity index (χ1v) is 8.27. The Morgan fingerprint density at radius 3 is 2.62 bits per heavy atom. The Balaban J connectivity index is 1.79. The summed E-state index contributed by atoms with van der Waals surface area (Å²) >= 11 is 13.6. The van der Waals surface area contributed by atoms with Gasteiger partial charge in [-0.3, -0.25) is 0 Å². The molecule has 2 heterocycles. The fraction of sp³-hybridized carbons (Fsp3) is 0.267. The monoisotopic (exact) mass is 339 g/mol. The molecule has 0 amide bonds. The van der Waals surface area contributed by atoms with E-state index in [0.29, 0.717) is 4.34 Å². The number of benzene rings is 1. The summed E-state index contributed by atoms with van der Waals surface area (Å²) in [7, 11) is 0. The Bertz CT molecular complexity index is 732. The van der Waals surface area contributed by atoms with Gasteiger partial charge in [-0.05, 0) is 37.6 Å². The Morgan fingerprint density at radius 1 is 1.19 bits per heavy atom. The van der Waals surface area contributed by atoms with Crippen LogP contribution >= 0.6 is 34.5 Å². The van der Waals surface area contributed by atoms with Gasteiger partial charge in [-0.25, -0.2) is 4.98 Å². The number of aromatic amines is 1. The Hall–Kier alpha value is -1.07. The molecular formula is C15H15Cl2N3S. The van der Waals surface area contributed by atoms with Crippen LogP contribution in [0.15, 0.2) is 30.3 Å². The van der Waals surface area contributed by atoms with Gasteiger partial charge in [0.05, 0.1) is 25.7 Å². The van der Waals surface area contributed by atoms with Gasteiger partial charge < -0.3 is 10.3 Å². The molecule has 0 spiro atoms. The van der Waals surface area contributed by atoms with E-state index in [2.05, 4.69) is 29.1 Å². The zero-order valence-corrected chi connectivity index (χ0v) is 14.0. The van der Waals surface area contributed by atoms with Crippen LogP contribution in [0.25, 0.3) is 11.0 Å². The van der Waals surface area contributed by atoms with Crippen molar-refractivity contribution in [3.05, 3.63) is 50.4 Å². The normalized spacial score (nSPS) is 14.5. The number of rotatable bonds is 4. The van der Waals surface area contributed by atoms with Crippen LogP contribution in [0.2, 0.25) is 8.67 Å². The van der Waals surface area contributed by atoms with Crippen molar-refractivity contribution in [1.29, 1.82) is 0 Å². The average Bonchev–Trinajstić information content (AvgIpc) is 3.01. The smallest absolute Gasteiger partial charge is 0.124 e. The maximum atomic E-state index is 6.20. The van der Waals surface area contributed by atoms with Crippen molar-refractivity contribution in [2.45, 2.75) is 25.9 Å². The Morgan fingerprint density at radius 2 is 1.95 bits per heavy atom. The van der Waals surface area contributed by atoms with Crippen LogP contribution in [-0.4, -0.2) is 9.97 Å². The molecule has 3 rings (SSSR count). The number of fused-ring (bicyclic) bond motifs is 1. The molecule has 0 bridgehead atoms. The third-order valence-electron chi connectivity index (χ3n) is 3.47. The molecular weight excluding hydrogens is 325 g/mol. The predicted molar refractivity (Wildman–Crippen MR) is 90.4 cm³/mol. The van der Waals surface area contributed by atoms with Crippen LogP contribution in [0.3, 0.4) is 0 Å². The number of nitrogens with one attached hydrogen (secondary N) is 2. The van der Waals surface area contributed by atoms with E-state index in [9.17, 15) is 0 Å². The third-order valence-corrected chi connectivity index (χ3v) is 4.99. The highest BCUT2D eigenvalue weighted by Crippen LogP contribution is 2.35. The summed E-state index contributed by atoms with van der Waals surface area (Å²) in [5.74, 6) is 0.917. The molecule has 2 atom stereocenters. The maximum absolute atomic E-state index is 6.20. The highest BCUT2D eigenvalue weighted by Gasteiger charge is 2.18. The molecule has 110 valence electrons. The summed E-state index contributed by atoms with van der Waals surface area (Å²) in [6, 6.07) is 10.1. The second-order valence-electron chi connectivity index (χ2n) is 5.03. The first kappa shape index (κ1) is 14.9. The lowest BCUT2D eigenvalue weighted by atomic mass is 10.1. The van der Waals surface area contributed by atoms with Crippen molar-refractivity contribution in [2.24, 2.45) is 0 Å². The van der Waals surface area contributed by atoms with Crippen molar-refractivity contribution in [3.63, 3.8) is 0 Å². The van der Waals surface area contributed by atoms with Crippen LogP contribution in [0, 0.1) is 0 Å². The fourth-order valence-corrected chi connectivity index (χ4v) is 4.02. The van der Waals surface area contributed by atoms with Gasteiger partial charge in [-0.15, -0.1) is 11.3 Å². The molecule has 2 unspecified atom stereocenters. The minimum atomic E-state index is 0.0853. The van der Waals surface area contributed by atoms with E-state index in [-0.39, 0.29) is 12.1 Å². The van der Waals surface area contributed by atoms with Crippen LogP contribution in [-0.2, 0) is 0 Å². The number of hydrogen-bond donors (Lipinski definition) is 2. The minimum absolute atomic E-state index is 0.0853. The van der Waals surface area contributed by atoms with Crippen molar-refractivity contribution in [3.8, 4) is 0 Å². The number of para-hydroxylation sites is 2. The summed E-state index contributed by atoms with van der Waals surface area (Å²) in [4.78, 5) is 7.95. The van der Waals surface area contributed by atoms with Crippen molar-refractivity contribution < 1.29 is 0 Å². The number of hydrogen-bond acceptors (Lipinski definition) is 3. The average molecular weight is 340 g/mol. The molecule has 0 aliphatic heterocycles. The maximum Gasteiger partial charge on any atom is 0.124 e. The van der Waals surface area contributed by atoms with Gasteiger partial charge in [-0.1, -0.05) is 35.3 Å². The van der Waals surface area contributed by atoms with E-state index in [4.69, 9.17) is 23.2 Å². The third kappa shape index (κ3) is 3.09. The summed E-state index contributed by atoms with van der Waals surface area (Å²) < 4.78 is 1.44. The number of halogens is 2. The van der Waals surface area contributed by atoms with Crippen LogP contribution in [0.1, 0.15) is 37.3 Å². The van der Waals surface area contributed by atoms with Crippen LogP contribution in [0.5, 0.6) is 0 Å².